The van der Waals surface area contributed by atoms with Gasteiger partial charge in [0.2, 0.25) is 0 Å². The molecular weight excluding hydrogens is 627 g/mol. The minimum absolute atomic E-state index is 0. The standard InChI is InChI=1S/2C18H19O.2ClH.Zr/c2*1-3-6-16-9-10-18(19-16)15-11-14-8-5-7-13(4-2)17(14)12-15;;;/h2*5,7-12H,3-4,6H2,1-2H3;2*1H;/q;;;;+2/p-2. The Morgan fingerprint density at radius 3 is 1.41 bits per heavy atom. The number of furan rings is 2. The largest absolute Gasteiger partial charge is 1.00 e. The predicted molar refractivity (Wildman–Crippen MR) is 158 cm³/mol. The molecule has 2 atom stereocenters. The maximum absolute atomic E-state index is 6.48. The minimum Gasteiger partial charge on any atom is -1.00 e. The molecule has 2 aromatic carbocycles. The van der Waals surface area contributed by atoms with Crippen molar-refractivity contribution in [1.29, 1.82) is 0 Å². The van der Waals surface area contributed by atoms with E-state index in [0.717, 1.165) is 61.6 Å². The third-order valence-corrected chi connectivity index (χ3v) is 13.0. The fourth-order valence-corrected chi connectivity index (χ4v) is 11.3. The SMILES string of the molecule is CCCc1ccc(C2=Cc3c(CC)cccc3[CH]2[Zr+2][CH]2C(c3ccc(CCC)o3)=Cc3c(CC)cccc32)o1.[Cl-].[Cl-]. The summed E-state index contributed by atoms with van der Waals surface area (Å²) in [5.74, 6) is 4.33. The van der Waals surface area contributed by atoms with Crippen LogP contribution < -0.4 is 24.8 Å². The molecule has 5 heteroatoms. The van der Waals surface area contributed by atoms with Crippen LogP contribution >= 0.6 is 0 Å². The molecule has 2 aliphatic rings. The number of halogens is 2. The molecule has 0 fully saturated rings. The summed E-state index contributed by atoms with van der Waals surface area (Å²) in [7, 11) is 0. The summed E-state index contributed by atoms with van der Waals surface area (Å²) >= 11 is -1.13. The van der Waals surface area contributed by atoms with Crippen LogP contribution in [0.2, 0.25) is 0 Å². The van der Waals surface area contributed by atoms with Crippen molar-refractivity contribution < 1.29 is 56.9 Å². The number of aryl methyl sites for hydroxylation is 4. The van der Waals surface area contributed by atoms with Crippen LogP contribution in [0.15, 0.2) is 69.5 Å². The van der Waals surface area contributed by atoms with E-state index in [4.69, 9.17) is 8.83 Å². The van der Waals surface area contributed by atoms with Gasteiger partial charge in [-0.05, 0) is 0 Å². The van der Waals surface area contributed by atoms with Gasteiger partial charge in [-0.25, -0.2) is 0 Å². The minimum atomic E-state index is -1.13. The second-order valence-electron chi connectivity index (χ2n) is 10.8. The van der Waals surface area contributed by atoms with E-state index in [1.54, 1.807) is 0 Å². The summed E-state index contributed by atoms with van der Waals surface area (Å²) in [5, 5.41) is 0. The molecule has 0 aliphatic heterocycles. The molecule has 41 heavy (non-hydrogen) atoms. The Bertz CT molecular complexity index is 1440. The first-order valence-electron chi connectivity index (χ1n) is 14.8. The van der Waals surface area contributed by atoms with Crippen LogP contribution in [0.25, 0.3) is 23.3 Å². The molecule has 0 N–H and O–H groups in total. The molecule has 0 amide bonds. The van der Waals surface area contributed by atoms with E-state index in [1.807, 2.05) is 0 Å². The third kappa shape index (κ3) is 6.06. The molecule has 0 spiro atoms. The molecule has 0 saturated heterocycles. The zero-order chi connectivity index (χ0) is 26.9. The summed E-state index contributed by atoms with van der Waals surface area (Å²) in [6.45, 7) is 8.98. The smallest absolute Gasteiger partial charge is 1.00 e. The molecule has 0 radical (unpaired) electrons. The van der Waals surface area contributed by atoms with Crippen molar-refractivity contribution in [1.82, 2.24) is 0 Å². The van der Waals surface area contributed by atoms with Crippen molar-refractivity contribution in [2.45, 2.75) is 73.5 Å². The van der Waals surface area contributed by atoms with E-state index in [0.29, 0.717) is 7.25 Å². The number of benzene rings is 2. The van der Waals surface area contributed by atoms with Crippen LogP contribution in [0.4, 0.5) is 0 Å². The van der Waals surface area contributed by atoms with Gasteiger partial charge in [0.15, 0.2) is 0 Å². The Morgan fingerprint density at radius 1 is 0.585 bits per heavy atom. The molecule has 2 aliphatic carbocycles. The Labute approximate surface area is 269 Å². The Morgan fingerprint density at radius 2 is 1.02 bits per heavy atom. The summed E-state index contributed by atoms with van der Waals surface area (Å²) in [6.07, 6.45) is 11.2. The van der Waals surface area contributed by atoms with Gasteiger partial charge in [-0.15, -0.1) is 0 Å². The zero-order valence-electron chi connectivity index (χ0n) is 24.4. The molecule has 2 heterocycles. The van der Waals surface area contributed by atoms with Crippen LogP contribution in [0.1, 0.15) is 104 Å². The van der Waals surface area contributed by atoms with Crippen molar-refractivity contribution in [3.63, 3.8) is 0 Å². The quantitative estimate of drug-likeness (QED) is 0.258. The Kier molecular flexibility index (Phi) is 10.8. The Hall–Kier alpha value is -2.06. The van der Waals surface area contributed by atoms with Crippen LogP contribution in [-0.4, -0.2) is 0 Å². The molecule has 6 rings (SSSR count). The van der Waals surface area contributed by atoms with Gasteiger partial charge in [0.05, 0.1) is 0 Å². The summed E-state index contributed by atoms with van der Waals surface area (Å²) in [5.41, 5.74) is 11.6. The van der Waals surface area contributed by atoms with Crippen molar-refractivity contribution in [3.8, 4) is 0 Å². The number of fused-ring (bicyclic) bond motifs is 2. The van der Waals surface area contributed by atoms with E-state index in [-0.39, 0.29) is 24.8 Å². The maximum Gasteiger partial charge on any atom is -1.00 e. The summed E-state index contributed by atoms with van der Waals surface area (Å²) in [6, 6.07) is 22.7. The summed E-state index contributed by atoms with van der Waals surface area (Å²) in [4.78, 5) is 0. The molecule has 0 saturated carbocycles. The topological polar surface area (TPSA) is 26.3 Å². The van der Waals surface area contributed by atoms with Crippen molar-refractivity contribution in [2.24, 2.45) is 0 Å². The average molecular weight is 665 g/mol. The number of hydrogen-bond acceptors (Lipinski definition) is 2. The first-order valence-corrected chi connectivity index (χ1v) is 17.6. The summed E-state index contributed by atoms with van der Waals surface area (Å²) < 4.78 is 13.8. The fraction of sp³-hybridized carbons (Fsp3) is 0.333. The second kappa shape index (κ2) is 13.9. The van der Waals surface area contributed by atoms with Crippen molar-refractivity contribution >= 4 is 23.3 Å². The Balaban J connectivity index is 0.00000194. The van der Waals surface area contributed by atoms with Gasteiger partial charge >= 0.3 is 246 Å². The molecular formula is C36H38Cl2O2Zr. The molecule has 2 unspecified atom stereocenters. The van der Waals surface area contributed by atoms with Crippen molar-refractivity contribution in [3.05, 3.63) is 117 Å². The molecule has 4 aromatic rings. The van der Waals surface area contributed by atoms with E-state index in [1.165, 1.54) is 44.5 Å². The van der Waals surface area contributed by atoms with Crippen LogP contribution in [0.3, 0.4) is 0 Å². The van der Waals surface area contributed by atoms with E-state index in [9.17, 15) is 0 Å². The maximum atomic E-state index is 6.48. The molecule has 2 aromatic heterocycles. The van der Waals surface area contributed by atoms with Gasteiger partial charge in [0, 0.05) is 0 Å². The van der Waals surface area contributed by atoms with Gasteiger partial charge in [-0.3, -0.25) is 0 Å². The molecule has 2 nitrogen and oxygen atoms in total. The normalized spacial score (nSPS) is 16.7. The number of hydrogen-bond donors (Lipinski definition) is 0. The molecule has 212 valence electrons. The van der Waals surface area contributed by atoms with Gasteiger partial charge in [-0.1, -0.05) is 0 Å². The average Bonchev–Trinajstić information content (AvgIpc) is 3.74. The number of allylic oxidation sites excluding steroid dienone is 2. The van der Waals surface area contributed by atoms with Gasteiger partial charge in [0.1, 0.15) is 0 Å². The van der Waals surface area contributed by atoms with Crippen LogP contribution in [0, 0.1) is 0 Å². The van der Waals surface area contributed by atoms with Crippen LogP contribution in [0.5, 0.6) is 0 Å². The molecule has 0 bridgehead atoms. The predicted octanol–water partition coefficient (Wildman–Crippen LogP) is 3.88. The van der Waals surface area contributed by atoms with Gasteiger partial charge < -0.3 is 24.8 Å². The van der Waals surface area contributed by atoms with E-state index >= 15 is 0 Å². The van der Waals surface area contributed by atoms with E-state index < -0.39 is 23.2 Å². The van der Waals surface area contributed by atoms with Crippen molar-refractivity contribution in [2.75, 3.05) is 0 Å². The van der Waals surface area contributed by atoms with Crippen LogP contribution in [-0.2, 0) is 48.9 Å². The zero-order valence-corrected chi connectivity index (χ0v) is 28.4. The van der Waals surface area contributed by atoms with Gasteiger partial charge in [-0.2, -0.15) is 0 Å². The fourth-order valence-electron chi connectivity index (χ4n) is 6.33. The monoisotopic (exact) mass is 662 g/mol. The third-order valence-electron chi connectivity index (χ3n) is 8.28. The first-order chi connectivity index (χ1) is 19.1. The first kappa shape index (κ1) is 31.9. The van der Waals surface area contributed by atoms with E-state index in [2.05, 4.69) is 101 Å². The second-order valence-corrected chi connectivity index (χ2v) is 14.5. The van der Waals surface area contributed by atoms with Gasteiger partial charge in [0.25, 0.3) is 0 Å². The number of rotatable bonds is 10.